The predicted octanol–water partition coefficient (Wildman–Crippen LogP) is 1.85. The Balaban J connectivity index is 3.43. The second-order valence-electron chi connectivity index (χ2n) is 2.63. The molecule has 0 aliphatic carbocycles. The molecule has 0 spiro atoms. The molecule has 5 nitrogen and oxygen atoms in total. The fraction of sp³-hybridized carbons (Fsp3) is 0.400. The highest BCUT2D eigenvalue weighted by Crippen LogP contribution is 1.97. The van der Waals surface area contributed by atoms with Crippen LogP contribution < -0.4 is 0 Å². The molecule has 0 aromatic carbocycles. The van der Waals surface area contributed by atoms with Crippen LogP contribution in [0, 0.1) is 0 Å². The molecule has 0 N–H and O–H groups in total. The summed E-state index contributed by atoms with van der Waals surface area (Å²) in [5, 5.41) is 3.98. The molecular formula is C10H14O5. The monoisotopic (exact) mass is 214 g/mol. The molecular weight excluding hydrogens is 200 g/mol. The number of carbonyl (C=O) groups excluding carboxylic acids is 2. The van der Waals surface area contributed by atoms with Crippen molar-refractivity contribution < 1.29 is 24.4 Å². The zero-order chi connectivity index (χ0) is 11.5. The SMILES string of the molecule is C=CCCC(=O)OOOC(=O)CCC=C. The summed E-state index contributed by atoms with van der Waals surface area (Å²) in [5.74, 6) is -1.24. The van der Waals surface area contributed by atoms with Gasteiger partial charge in [-0.2, -0.15) is 0 Å². The van der Waals surface area contributed by atoms with E-state index in [-0.39, 0.29) is 12.8 Å². The molecule has 0 radical (unpaired) electrons. The average Bonchev–Trinajstić information content (AvgIpc) is 2.23. The number of rotatable bonds is 8. The minimum Gasteiger partial charge on any atom is -0.260 e. The van der Waals surface area contributed by atoms with Crippen LogP contribution in [-0.2, 0) is 24.4 Å². The van der Waals surface area contributed by atoms with Crippen LogP contribution in [-0.4, -0.2) is 11.9 Å². The Hall–Kier alpha value is -1.62. The maximum atomic E-state index is 10.8. The van der Waals surface area contributed by atoms with Gasteiger partial charge in [0.2, 0.25) is 0 Å². The Bertz CT molecular complexity index is 210. The largest absolute Gasteiger partial charge is 0.346 e. The first-order valence-electron chi connectivity index (χ1n) is 4.49. The molecule has 0 unspecified atom stereocenters. The Morgan fingerprint density at radius 3 is 1.67 bits per heavy atom. The first-order valence-corrected chi connectivity index (χ1v) is 4.49. The van der Waals surface area contributed by atoms with Crippen molar-refractivity contribution in [3.05, 3.63) is 25.3 Å². The molecule has 0 fully saturated rings. The minimum absolute atomic E-state index is 0.133. The molecule has 0 atom stereocenters. The molecule has 0 rings (SSSR count). The van der Waals surface area contributed by atoms with Crippen molar-refractivity contribution in [1.82, 2.24) is 0 Å². The summed E-state index contributed by atoms with van der Waals surface area (Å²) >= 11 is 0. The van der Waals surface area contributed by atoms with Gasteiger partial charge in [-0.15, -0.1) is 13.2 Å². The maximum Gasteiger partial charge on any atom is 0.346 e. The molecule has 0 aliphatic heterocycles. The van der Waals surface area contributed by atoms with Crippen molar-refractivity contribution in [2.75, 3.05) is 0 Å². The lowest BCUT2D eigenvalue weighted by Gasteiger charge is -2.00. The molecule has 0 heterocycles. The number of hydrogen-bond donors (Lipinski definition) is 0. The van der Waals surface area contributed by atoms with Crippen LogP contribution in [0.1, 0.15) is 25.7 Å². The van der Waals surface area contributed by atoms with Crippen molar-refractivity contribution in [2.24, 2.45) is 0 Å². The van der Waals surface area contributed by atoms with Crippen LogP contribution in [0.25, 0.3) is 0 Å². The smallest absolute Gasteiger partial charge is 0.260 e. The average molecular weight is 214 g/mol. The summed E-state index contributed by atoms with van der Waals surface area (Å²) in [6, 6.07) is 0. The Labute approximate surface area is 88.2 Å². The summed E-state index contributed by atoms with van der Waals surface area (Å²) in [6.45, 7) is 6.86. The second-order valence-corrected chi connectivity index (χ2v) is 2.63. The van der Waals surface area contributed by atoms with Gasteiger partial charge in [0.1, 0.15) is 0 Å². The number of allylic oxidation sites excluding steroid dienone is 2. The zero-order valence-corrected chi connectivity index (χ0v) is 8.44. The molecule has 5 heteroatoms. The number of carbonyl (C=O) groups is 2. The molecule has 0 aliphatic rings. The van der Waals surface area contributed by atoms with E-state index in [0.29, 0.717) is 12.8 Å². The van der Waals surface area contributed by atoms with Crippen molar-refractivity contribution >= 4 is 11.9 Å². The van der Waals surface area contributed by atoms with E-state index in [1.165, 1.54) is 0 Å². The lowest BCUT2D eigenvalue weighted by molar-refractivity contribution is -0.459. The first-order chi connectivity index (χ1) is 7.20. The first kappa shape index (κ1) is 13.4. The third-order valence-electron chi connectivity index (χ3n) is 1.36. The maximum absolute atomic E-state index is 10.8. The van der Waals surface area contributed by atoms with Gasteiger partial charge in [0, 0.05) is 5.04 Å². The van der Waals surface area contributed by atoms with Crippen LogP contribution in [0.4, 0.5) is 0 Å². The molecule has 0 saturated carbocycles. The summed E-state index contributed by atoms with van der Waals surface area (Å²) in [6.07, 6.45) is 4.36. The van der Waals surface area contributed by atoms with E-state index in [9.17, 15) is 9.59 Å². The van der Waals surface area contributed by atoms with Crippen LogP contribution >= 0.6 is 0 Å². The Morgan fingerprint density at radius 2 is 1.33 bits per heavy atom. The van der Waals surface area contributed by atoms with E-state index in [2.05, 4.69) is 28.0 Å². The van der Waals surface area contributed by atoms with Gasteiger partial charge in [0.15, 0.2) is 0 Å². The second kappa shape index (κ2) is 8.96. The molecule has 0 saturated heterocycles. The van der Waals surface area contributed by atoms with E-state index in [4.69, 9.17) is 0 Å². The Morgan fingerprint density at radius 1 is 0.933 bits per heavy atom. The van der Waals surface area contributed by atoms with E-state index >= 15 is 0 Å². The third-order valence-corrected chi connectivity index (χ3v) is 1.36. The summed E-state index contributed by atoms with van der Waals surface area (Å²) in [5.41, 5.74) is 0. The van der Waals surface area contributed by atoms with Crippen LogP contribution in [0.15, 0.2) is 25.3 Å². The minimum atomic E-state index is -0.619. The van der Waals surface area contributed by atoms with Gasteiger partial charge in [-0.05, 0) is 12.8 Å². The quantitative estimate of drug-likeness (QED) is 0.350. The molecule has 0 aromatic heterocycles. The van der Waals surface area contributed by atoms with Crippen molar-refractivity contribution in [3.63, 3.8) is 0 Å². The lowest BCUT2D eigenvalue weighted by atomic mass is 10.3. The highest BCUT2D eigenvalue weighted by Gasteiger charge is 2.06. The molecule has 84 valence electrons. The standard InChI is InChI=1S/C10H14O5/c1-3-5-7-9(11)13-15-14-10(12)8-6-4-2/h3-4H,1-2,5-8H2. The van der Waals surface area contributed by atoms with Gasteiger partial charge in [-0.25, -0.2) is 9.59 Å². The van der Waals surface area contributed by atoms with E-state index in [1.54, 1.807) is 12.2 Å². The lowest BCUT2D eigenvalue weighted by Crippen LogP contribution is -2.09. The summed E-state index contributed by atoms with van der Waals surface area (Å²) in [4.78, 5) is 29.9. The van der Waals surface area contributed by atoms with Gasteiger partial charge in [0.05, 0.1) is 12.8 Å². The fourth-order valence-corrected chi connectivity index (χ4v) is 0.616. The summed E-state index contributed by atoms with van der Waals surface area (Å²) in [7, 11) is 0. The van der Waals surface area contributed by atoms with Crippen LogP contribution in [0.2, 0.25) is 0 Å². The van der Waals surface area contributed by atoms with Crippen molar-refractivity contribution in [3.8, 4) is 0 Å². The Kier molecular flexibility index (Phi) is 7.99. The molecule has 0 aromatic rings. The topological polar surface area (TPSA) is 61.8 Å². The summed E-state index contributed by atoms with van der Waals surface area (Å²) < 4.78 is 0. The van der Waals surface area contributed by atoms with Crippen molar-refractivity contribution in [1.29, 1.82) is 0 Å². The van der Waals surface area contributed by atoms with Gasteiger partial charge >= 0.3 is 11.9 Å². The van der Waals surface area contributed by atoms with Gasteiger partial charge < -0.3 is 0 Å². The van der Waals surface area contributed by atoms with Crippen LogP contribution in [0.3, 0.4) is 0 Å². The fourth-order valence-electron chi connectivity index (χ4n) is 0.616. The van der Waals surface area contributed by atoms with Gasteiger partial charge in [0.25, 0.3) is 0 Å². The van der Waals surface area contributed by atoms with E-state index < -0.39 is 11.9 Å². The van der Waals surface area contributed by atoms with Crippen LogP contribution in [0.5, 0.6) is 0 Å². The van der Waals surface area contributed by atoms with Crippen molar-refractivity contribution in [2.45, 2.75) is 25.7 Å². The number of hydrogen-bond acceptors (Lipinski definition) is 5. The highest BCUT2D eigenvalue weighted by molar-refractivity contribution is 5.69. The van der Waals surface area contributed by atoms with Gasteiger partial charge in [-0.3, -0.25) is 9.78 Å². The van der Waals surface area contributed by atoms with E-state index in [0.717, 1.165) is 0 Å². The molecule has 15 heavy (non-hydrogen) atoms. The molecule has 0 bridgehead atoms. The molecule has 0 amide bonds. The normalized spacial score (nSPS) is 9.07. The zero-order valence-electron chi connectivity index (χ0n) is 8.44. The van der Waals surface area contributed by atoms with E-state index in [1.807, 2.05) is 0 Å². The predicted molar refractivity (Wildman–Crippen MR) is 52.1 cm³/mol. The highest BCUT2D eigenvalue weighted by atomic mass is 17.5. The third kappa shape index (κ3) is 8.70. The van der Waals surface area contributed by atoms with Gasteiger partial charge in [-0.1, -0.05) is 12.2 Å².